The van der Waals surface area contributed by atoms with Gasteiger partial charge in [0.1, 0.15) is 0 Å². The van der Waals surface area contributed by atoms with E-state index in [1.54, 1.807) is 11.8 Å². The zero-order chi connectivity index (χ0) is 20.4. The van der Waals surface area contributed by atoms with Crippen LogP contribution in [0.5, 0.6) is 0 Å². The summed E-state index contributed by atoms with van der Waals surface area (Å²) in [7, 11) is 0. The monoisotopic (exact) mass is 404 g/mol. The van der Waals surface area contributed by atoms with Gasteiger partial charge in [0, 0.05) is 31.1 Å². The zero-order valence-corrected chi connectivity index (χ0v) is 17.6. The lowest BCUT2D eigenvalue weighted by molar-refractivity contribution is -0.119. The van der Waals surface area contributed by atoms with E-state index in [4.69, 9.17) is 9.47 Å². The Bertz CT molecular complexity index is 761. The number of esters is 1. The van der Waals surface area contributed by atoms with Crippen LogP contribution in [0.2, 0.25) is 0 Å². The molecule has 0 fully saturated rings. The van der Waals surface area contributed by atoms with Crippen molar-refractivity contribution in [3.05, 3.63) is 46.5 Å². The molecule has 1 aromatic heterocycles. The number of rotatable bonds is 11. The number of hydrogen-bond acceptors (Lipinski definition) is 6. The van der Waals surface area contributed by atoms with Gasteiger partial charge in [0.05, 0.1) is 6.61 Å². The van der Waals surface area contributed by atoms with Crippen molar-refractivity contribution in [3.8, 4) is 0 Å². The molecule has 0 bridgehead atoms. The van der Waals surface area contributed by atoms with Crippen LogP contribution in [0.4, 0.5) is 5.13 Å². The third kappa shape index (κ3) is 6.42. The van der Waals surface area contributed by atoms with Crippen molar-refractivity contribution in [3.63, 3.8) is 0 Å². The van der Waals surface area contributed by atoms with Crippen molar-refractivity contribution in [2.24, 2.45) is 0 Å². The predicted molar refractivity (Wildman–Crippen MR) is 111 cm³/mol. The molecule has 0 saturated carbocycles. The fraction of sp³-hybridized carbons (Fsp3) is 0.476. The molecule has 2 rings (SSSR count). The Labute approximate surface area is 170 Å². The first kappa shape index (κ1) is 22.0. The Kier molecular flexibility index (Phi) is 9.10. The minimum absolute atomic E-state index is 0.0141. The quantitative estimate of drug-likeness (QED) is 0.418. The van der Waals surface area contributed by atoms with E-state index in [1.807, 2.05) is 44.2 Å². The second-order valence-corrected chi connectivity index (χ2v) is 7.38. The average Bonchev–Trinajstić information content (AvgIpc) is 3.08. The van der Waals surface area contributed by atoms with E-state index in [-0.39, 0.29) is 11.6 Å². The third-order valence-electron chi connectivity index (χ3n) is 4.14. The Hall–Kier alpha value is -2.25. The molecule has 2 aromatic rings. The average molecular weight is 405 g/mol. The zero-order valence-electron chi connectivity index (χ0n) is 16.8. The molecule has 6 nitrogen and oxygen atoms in total. The Balaban J connectivity index is 2.15. The molecular formula is C21H28N2O4S. The molecule has 0 aliphatic carbocycles. The molecule has 0 atom stereocenters. The van der Waals surface area contributed by atoms with E-state index in [1.165, 1.54) is 11.3 Å². The molecule has 1 amide bonds. The van der Waals surface area contributed by atoms with Gasteiger partial charge in [-0.25, -0.2) is 9.78 Å². The molecule has 28 heavy (non-hydrogen) atoms. The molecule has 0 radical (unpaired) electrons. The molecule has 0 N–H and O–H groups in total. The minimum Gasteiger partial charge on any atom is -0.461 e. The maximum Gasteiger partial charge on any atom is 0.358 e. The molecule has 0 aliphatic rings. The van der Waals surface area contributed by atoms with E-state index in [2.05, 4.69) is 4.98 Å². The number of hydrogen-bond donors (Lipinski definition) is 0. The van der Waals surface area contributed by atoms with Gasteiger partial charge in [0.15, 0.2) is 10.8 Å². The first-order valence-electron chi connectivity index (χ1n) is 9.63. The van der Waals surface area contributed by atoms with Crippen molar-refractivity contribution in [2.75, 3.05) is 31.3 Å². The van der Waals surface area contributed by atoms with Gasteiger partial charge in [-0.15, -0.1) is 11.3 Å². The Morgan fingerprint density at radius 1 is 1.14 bits per heavy atom. The summed E-state index contributed by atoms with van der Waals surface area (Å²) < 4.78 is 10.4. The highest BCUT2D eigenvalue weighted by Crippen LogP contribution is 2.27. The summed E-state index contributed by atoms with van der Waals surface area (Å²) in [5, 5.41) is 0.540. The van der Waals surface area contributed by atoms with Gasteiger partial charge < -0.3 is 9.47 Å². The highest BCUT2D eigenvalue weighted by Gasteiger charge is 2.23. The van der Waals surface area contributed by atoms with Crippen LogP contribution in [0.3, 0.4) is 0 Å². The van der Waals surface area contributed by atoms with Gasteiger partial charge in [-0.3, -0.25) is 9.69 Å². The Morgan fingerprint density at radius 3 is 2.57 bits per heavy atom. The number of carbonyl (C=O) groups is 2. The van der Waals surface area contributed by atoms with Crippen LogP contribution in [-0.4, -0.2) is 43.2 Å². The summed E-state index contributed by atoms with van der Waals surface area (Å²) in [6.07, 6.45) is 1.75. The third-order valence-corrected chi connectivity index (χ3v) is 5.13. The molecule has 1 heterocycles. The van der Waals surface area contributed by atoms with E-state index >= 15 is 0 Å². The summed E-state index contributed by atoms with van der Waals surface area (Å²) >= 11 is 1.35. The number of amides is 1. The van der Waals surface area contributed by atoms with Gasteiger partial charge in [-0.2, -0.15) is 0 Å². The van der Waals surface area contributed by atoms with E-state index in [9.17, 15) is 9.59 Å². The number of anilines is 1. The van der Waals surface area contributed by atoms with E-state index < -0.39 is 5.97 Å². The molecule has 1 aromatic carbocycles. The van der Waals surface area contributed by atoms with Crippen LogP contribution in [0.1, 0.15) is 47.6 Å². The van der Waals surface area contributed by atoms with E-state index in [0.717, 1.165) is 10.4 Å². The smallest absolute Gasteiger partial charge is 0.358 e. The van der Waals surface area contributed by atoms with Crippen LogP contribution < -0.4 is 4.90 Å². The highest BCUT2D eigenvalue weighted by molar-refractivity contribution is 7.16. The minimum atomic E-state index is -0.450. The van der Waals surface area contributed by atoms with Gasteiger partial charge >= 0.3 is 5.97 Å². The Morgan fingerprint density at radius 2 is 1.89 bits per heavy atom. The fourth-order valence-electron chi connectivity index (χ4n) is 2.70. The van der Waals surface area contributed by atoms with Gasteiger partial charge in [0.2, 0.25) is 5.91 Å². The van der Waals surface area contributed by atoms with Crippen molar-refractivity contribution < 1.29 is 19.1 Å². The van der Waals surface area contributed by atoms with Crippen LogP contribution in [0.15, 0.2) is 30.3 Å². The first-order chi connectivity index (χ1) is 13.6. The summed E-state index contributed by atoms with van der Waals surface area (Å²) in [6, 6.07) is 10.0. The first-order valence-corrected chi connectivity index (χ1v) is 10.4. The normalized spacial score (nSPS) is 10.7. The topological polar surface area (TPSA) is 68.7 Å². The molecule has 0 spiro atoms. The number of benzene rings is 1. The predicted octanol–water partition coefficient (Wildman–Crippen LogP) is 4.02. The van der Waals surface area contributed by atoms with Crippen molar-refractivity contribution >= 4 is 28.3 Å². The fourth-order valence-corrected chi connectivity index (χ4v) is 3.64. The molecule has 0 unspecified atom stereocenters. The SMILES string of the molecule is CCOCCCC(=O)N(CCc1ccccc1)c1nc(C(=O)OCC)c(C)s1. The largest absolute Gasteiger partial charge is 0.461 e. The van der Waals surface area contributed by atoms with Crippen LogP contribution in [0.25, 0.3) is 0 Å². The standard InChI is InChI=1S/C21H28N2O4S/c1-4-26-15-9-12-18(24)23(14-13-17-10-7-6-8-11-17)21-22-19(16(3)28-21)20(25)27-5-2/h6-8,10-11H,4-5,9,12-15H2,1-3H3. The molecule has 0 aliphatic heterocycles. The number of carbonyl (C=O) groups excluding carboxylic acids is 2. The highest BCUT2D eigenvalue weighted by atomic mass is 32.1. The number of aryl methyl sites for hydroxylation is 1. The van der Waals surface area contributed by atoms with Crippen molar-refractivity contribution in [1.82, 2.24) is 4.98 Å². The molecule has 0 saturated heterocycles. The molecule has 152 valence electrons. The van der Waals surface area contributed by atoms with Gasteiger partial charge in [0.25, 0.3) is 0 Å². The molecule has 7 heteroatoms. The van der Waals surface area contributed by atoms with E-state index in [0.29, 0.717) is 50.8 Å². The van der Waals surface area contributed by atoms with Crippen LogP contribution in [0, 0.1) is 6.92 Å². The van der Waals surface area contributed by atoms with Crippen LogP contribution >= 0.6 is 11.3 Å². The van der Waals surface area contributed by atoms with Gasteiger partial charge in [-0.1, -0.05) is 30.3 Å². The lowest BCUT2D eigenvalue weighted by Crippen LogP contribution is -2.33. The maximum atomic E-state index is 12.9. The molecular weight excluding hydrogens is 376 g/mol. The van der Waals surface area contributed by atoms with Crippen molar-refractivity contribution in [1.29, 1.82) is 0 Å². The number of nitrogens with zero attached hydrogens (tertiary/aromatic N) is 2. The number of ether oxygens (including phenoxy) is 2. The summed E-state index contributed by atoms with van der Waals surface area (Å²) in [5.74, 6) is -0.464. The lowest BCUT2D eigenvalue weighted by atomic mass is 10.1. The lowest BCUT2D eigenvalue weighted by Gasteiger charge is -2.20. The summed E-state index contributed by atoms with van der Waals surface area (Å²) in [5.41, 5.74) is 1.43. The summed E-state index contributed by atoms with van der Waals surface area (Å²) in [4.78, 5) is 31.8. The second-order valence-electron chi connectivity index (χ2n) is 6.20. The number of thiazole rings is 1. The summed E-state index contributed by atoms with van der Waals surface area (Å²) in [6.45, 7) is 7.51. The van der Waals surface area contributed by atoms with Gasteiger partial charge in [-0.05, 0) is 39.2 Å². The maximum absolute atomic E-state index is 12.9. The second kappa shape index (κ2) is 11.6. The number of aromatic nitrogens is 1. The van der Waals surface area contributed by atoms with Crippen molar-refractivity contribution in [2.45, 2.75) is 40.0 Å². The van der Waals surface area contributed by atoms with Crippen LogP contribution in [-0.2, 0) is 20.7 Å².